The van der Waals surface area contributed by atoms with Crippen molar-refractivity contribution in [3.05, 3.63) is 18.2 Å². The lowest BCUT2D eigenvalue weighted by Crippen LogP contribution is -2.42. The number of likely N-dealkylation sites (tertiary alicyclic amines) is 1. The third kappa shape index (κ3) is 4.08. The summed E-state index contributed by atoms with van der Waals surface area (Å²) in [6, 6.07) is 0. The largest absolute Gasteiger partial charge is 0.356 e. The fourth-order valence-electron chi connectivity index (χ4n) is 2.50. The summed E-state index contributed by atoms with van der Waals surface area (Å²) in [7, 11) is 0. The highest BCUT2D eigenvalue weighted by atomic mass is 16.2. The molecular formula is C14H22N4O2. The Morgan fingerprint density at radius 2 is 2.20 bits per heavy atom. The van der Waals surface area contributed by atoms with Crippen molar-refractivity contribution in [1.29, 1.82) is 0 Å². The van der Waals surface area contributed by atoms with Crippen LogP contribution in [0.15, 0.2) is 12.4 Å². The van der Waals surface area contributed by atoms with Gasteiger partial charge in [0.25, 0.3) is 0 Å². The minimum Gasteiger partial charge on any atom is -0.356 e. The van der Waals surface area contributed by atoms with Crippen LogP contribution in [0.4, 0.5) is 0 Å². The second kappa shape index (κ2) is 7.07. The lowest BCUT2D eigenvalue weighted by molar-refractivity contribution is -0.133. The number of amides is 2. The van der Waals surface area contributed by atoms with Gasteiger partial charge in [0.1, 0.15) is 5.82 Å². The summed E-state index contributed by atoms with van der Waals surface area (Å²) in [5, 5.41) is 2.97. The molecule has 0 aliphatic carbocycles. The fraction of sp³-hybridized carbons (Fsp3) is 0.643. The molecule has 110 valence electrons. The highest BCUT2D eigenvalue weighted by Gasteiger charge is 2.25. The van der Waals surface area contributed by atoms with E-state index in [2.05, 4.69) is 15.3 Å². The molecule has 20 heavy (non-hydrogen) atoms. The van der Waals surface area contributed by atoms with E-state index < -0.39 is 0 Å². The molecule has 1 fully saturated rings. The van der Waals surface area contributed by atoms with Gasteiger partial charge in [0.15, 0.2) is 0 Å². The molecule has 0 bridgehead atoms. The van der Waals surface area contributed by atoms with E-state index in [1.165, 1.54) is 0 Å². The van der Waals surface area contributed by atoms with Gasteiger partial charge in [0.2, 0.25) is 11.8 Å². The van der Waals surface area contributed by atoms with Crippen LogP contribution in [0, 0.1) is 5.92 Å². The second-order valence-electron chi connectivity index (χ2n) is 5.21. The third-order valence-electron chi connectivity index (χ3n) is 3.76. The number of hydrogen-bond donors (Lipinski definition) is 2. The molecule has 2 rings (SSSR count). The number of carbonyl (C=O) groups is 2. The van der Waals surface area contributed by atoms with Crippen molar-refractivity contribution >= 4 is 11.8 Å². The first-order valence-electron chi connectivity index (χ1n) is 7.18. The Labute approximate surface area is 119 Å². The first kappa shape index (κ1) is 14.6. The molecule has 0 atom stereocenters. The van der Waals surface area contributed by atoms with E-state index in [4.69, 9.17) is 0 Å². The average Bonchev–Trinajstić information content (AvgIpc) is 2.96. The Bertz CT molecular complexity index is 436. The number of aromatic amines is 1. The monoisotopic (exact) mass is 278 g/mol. The number of carbonyl (C=O) groups excluding carboxylic acids is 2. The van der Waals surface area contributed by atoms with Gasteiger partial charge in [-0.25, -0.2) is 4.98 Å². The smallest absolute Gasteiger partial charge is 0.223 e. The summed E-state index contributed by atoms with van der Waals surface area (Å²) in [4.78, 5) is 32.2. The van der Waals surface area contributed by atoms with Crippen molar-refractivity contribution in [2.45, 2.75) is 32.6 Å². The zero-order valence-corrected chi connectivity index (χ0v) is 11.9. The molecule has 1 aromatic heterocycles. The highest BCUT2D eigenvalue weighted by Crippen LogP contribution is 2.17. The van der Waals surface area contributed by atoms with Gasteiger partial charge < -0.3 is 15.2 Å². The number of imidazole rings is 1. The maximum absolute atomic E-state index is 12.0. The molecule has 0 radical (unpaired) electrons. The SMILES string of the molecule is CC(=O)N1CCC(C(=O)NCCCc2ncc[nH]2)CC1. The molecule has 0 unspecified atom stereocenters. The lowest BCUT2D eigenvalue weighted by atomic mass is 9.96. The quantitative estimate of drug-likeness (QED) is 0.779. The van der Waals surface area contributed by atoms with Crippen LogP contribution in [0.25, 0.3) is 0 Å². The molecule has 1 aliphatic heterocycles. The third-order valence-corrected chi connectivity index (χ3v) is 3.76. The van der Waals surface area contributed by atoms with Crippen LogP contribution in [-0.2, 0) is 16.0 Å². The van der Waals surface area contributed by atoms with Crippen LogP contribution >= 0.6 is 0 Å². The predicted octanol–water partition coefficient (Wildman–Crippen LogP) is 0.717. The number of hydrogen-bond acceptors (Lipinski definition) is 3. The summed E-state index contributed by atoms with van der Waals surface area (Å²) in [5.41, 5.74) is 0. The van der Waals surface area contributed by atoms with Gasteiger partial charge in [-0.3, -0.25) is 9.59 Å². The molecule has 1 aliphatic rings. The Morgan fingerprint density at radius 1 is 1.45 bits per heavy atom. The number of piperidine rings is 1. The van der Waals surface area contributed by atoms with Gasteiger partial charge in [0, 0.05) is 51.3 Å². The molecule has 1 aromatic rings. The van der Waals surface area contributed by atoms with Crippen LogP contribution in [0.5, 0.6) is 0 Å². The summed E-state index contributed by atoms with van der Waals surface area (Å²) in [6.45, 7) is 3.64. The predicted molar refractivity (Wildman–Crippen MR) is 74.9 cm³/mol. The molecule has 6 heteroatoms. The molecule has 0 saturated carbocycles. The zero-order valence-electron chi connectivity index (χ0n) is 11.9. The maximum Gasteiger partial charge on any atom is 0.223 e. The molecule has 2 N–H and O–H groups in total. The normalized spacial score (nSPS) is 16.1. The van der Waals surface area contributed by atoms with E-state index in [0.29, 0.717) is 19.6 Å². The van der Waals surface area contributed by atoms with E-state index in [1.807, 2.05) is 0 Å². The van der Waals surface area contributed by atoms with Gasteiger partial charge in [-0.15, -0.1) is 0 Å². The Hall–Kier alpha value is -1.85. The Morgan fingerprint density at radius 3 is 2.80 bits per heavy atom. The minimum absolute atomic E-state index is 0.0502. The minimum atomic E-state index is 0.0502. The molecule has 2 amide bonds. The van der Waals surface area contributed by atoms with Crippen molar-refractivity contribution in [3.8, 4) is 0 Å². The maximum atomic E-state index is 12.0. The Balaban J connectivity index is 1.62. The van der Waals surface area contributed by atoms with Gasteiger partial charge in [-0.2, -0.15) is 0 Å². The summed E-state index contributed by atoms with van der Waals surface area (Å²) in [6.07, 6.45) is 6.79. The molecule has 0 spiro atoms. The van der Waals surface area contributed by atoms with Gasteiger partial charge in [-0.1, -0.05) is 0 Å². The van der Waals surface area contributed by atoms with E-state index >= 15 is 0 Å². The molecular weight excluding hydrogens is 256 g/mol. The van der Waals surface area contributed by atoms with Crippen LogP contribution in [0.1, 0.15) is 32.0 Å². The van der Waals surface area contributed by atoms with Crippen LogP contribution in [-0.4, -0.2) is 46.3 Å². The first-order chi connectivity index (χ1) is 9.66. The topological polar surface area (TPSA) is 78.1 Å². The summed E-state index contributed by atoms with van der Waals surface area (Å²) >= 11 is 0. The van der Waals surface area contributed by atoms with Gasteiger partial charge in [-0.05, 0) is 19.3 Å². The number of aromatic nitrogens is 2. The van der Waals surface area contributed by atoms with Crippen molar-refractivity contribution < 1.29 is 9.59 Å². The fourth-order valence-corrected chi connectivity index (χ4v) is 2.50. The Kier molecular flexibility index (Phi) is 5.15. The molecule has 6 nitrogen and oxygen atoms in total. The van der Waals surface area contributed by atoms with E-state index in [9.17, 15) is 9.59 Å². The van der Waals surface area contributed by atoms with E-state index in [-0.39, 0.29) is 17.7 Å². The average molecular weight is 278 g/mol. The summed E-state index contributed by atoms with van der Waals surface area (Å²) < 4.78 is 0. The summed E-state index contributed by atoms with van der Waals surface area (Å²) in [5.74, 6) is 1.22. The van der Waals surface area contributed by atoms with Crippen LogP contribution < -0.4 is 5.32 Å². The lowest BCUT2D eigenvalue weighted by Gasteiger charge is -2.30. The van der Waals surface area contributed by atoms with Crippen molar-refractivity contribution in [1.82, 2.24) is 20.2 Å². The first-order valence-corrected chi connectivity index (χ1v) is 7.18. The number of H-pyrrole nitrogens is 1. The number of rotatable bonds is 5. The molecule has 2 heterocycles. The highest BCUT2D eigenvalue weighted by molar-refractivity contribution is 5.79. The van der Waals surface area contributed by atoms with Gasteiger partial charge >= 0.3 is 0 Å². The zero-order chi connectivity index (χ0) is 14.4. The molecule has 1 saturated heterocycles. The number of nitrogens with one attached hydrogen (secondary N) is 2. The van der Waals surface area contributed by atoms with Crippen molar-refractivity contribution in [2.24, 2.45) is 5.92 Å². The van der Waals surface area contributed by atoms with E-state index in [0.717, 1.165) is 31.5 Å². The number of nitrogens with zero attached hydrogens (tertiary/aromatic N) is 2. The van der Waals surface area contributed by atoms with Crippen molar-refractivity contribution in [3.63, 3.8) is 0 Å². The standard InChI is InChI=1S/C14H22N4O2/c1-11(19)18-9-4-12(5-10-18)14(20)17-6-2-3-13-15-7-8-16-13/h7-8,12H,2-6,9-10H2,1H3,(H,15,16)(H,17,20). The number of aryl methyl sites for hydroxylation is 1. The molecule has 0 aromatic carbocycles. The van der Waals surface area contributed by atoms with Crippen LogP contribution in [0.2, 0.25) is 0 Å². The van der Waals surface area contributed by atoms with Crippen molar-refractivity contribution in [2.75, 3.05) is 19.6 Å². The van der Waals surface area contributed by atoms with E-state index in [1.54, 1.807) is 24.2 Å². The van der Waals surface area contributed by atoms with Gasteiger partial charge in [0.05, 0.1) is 0 Å². The second-order valence-corrected chi connectivity index (χ2v) is 5.21. The van der Waals surface area contributed by atoms with Crippen LogP contribution in [0.3, 0.4) is 0 Å².